The molecule has 0 radical (unpaired) electrons. The van der Waals surface area contributed by atoms with Crippen LogP contribution in [0.2, 0.25) is 0 Å². The van der Waals surface area contributed by atoms with Gasteiger partial charge in [-0.25, -0.2) is 4.39 Å². The van der Waals surface area contributed by atoms with Crippen molar-refractivity contribution in [3.63, 3.8) is 0 Å². The van der Waals surface area contributed by atoms with Crippen molar-refractivity contribution in [3.8, 4) is 0 Å². The first kappa shape index (κ1) is 7.81. The zero-order chi connectivity index (χ0) is 8.11. The minimum absolute atomic E-state index is 0.0459. The van der Waals surface area contributed by atoms with Gasteiger partial charge in [-0.15, -0.1) is 0 Å². The zero-order valence-electron chi connectivity index (χ0n) is 6.57. The third kappa shape index (κ3) is 0.748. The maximum absolute atomic E-state index is 13.5. The monoisotopic (exact) mass is 178 g/mol. The van der Waals surface area contributed by atoms with E-state index in [-0.39, 0.29) is 5.92 Å². The lowest BCUT2D eigenvalue weighted by atomic mass is 9.98. The van der Waals surface area contributed by atoms with Crippen LogP contribution in [0.1, 0.15) is 25.7 Å². The van der Waals surface area contributed by atoms with Crippen molar-refractivity contribution >= 4 is 11.6 Å². The van der Waals surface area contributed by atoms with Crippen molar-refractivity contribution in [3.05, 3.63) is 0 Å². The van der Waals surface area contributed by atoms with Crippen molar-refractivity contribution in [2.75, 3.05) is 7.11 Å². The van der Waals surface area contributed by atoms with E-state index in [9.17, 15) is 4.39 Å². The van der Waals surface area contributed by atoms with Gasteiger partial charge in [0.25, 0.3) is 0 Å². The molecule has 0 heterocycles. The molecule has 2 saturated carbocycles. The Morgan fingerprint density at radius 1 is 1.55 bits per heavy atom. The topological polar surface area (TPSA) is 9.23 Å². The van der Waals surface area contributed by atoms with Crippen LogP contribution in [-0.4, -0.2) is 17.8 Å². The van der Waals surface area contributed by atoms with Gasteiger partial charge in [0.2, 0.25) is 5.13 Å². The molecule has 0 amide bonds. The van der Waals surface area contributed by atoms with Crippen LogP contribution in [-0.2, 0) is 4.74 Å². The summed E-state index contributed by atoms with van der Waals surface area (Å²) < 4.78 is 18.6. The predicted octanol–water partition coefficient (Wildman–Crippen LogP) is 2.48. The molecular weight excluding hydrogens is 167 g/mol. The van der Waals surface area contributed by atoms with Crippen LogP contribution >= 0.6 is 11.6 Å². The molecule has 0 aliphatic heterocycles. The van der Waals surface area contributed by atoms with Crippen molar-refractivity contribution in [2.24, 2.45) is 5.92 Å². The van der Waals surface area contributed by atoms with Gasteiger partial charge < -0.3 is 4.74 Å². The van der Waals surface area contributed by atoms with E-state index >= 15 is 0 Å². The Morgan fingerprint density at radius 2 is 2.27 bits per heavy atom. The maximum atomic E-state index is 13.5. The van der Waals surface area contributed by atoms with Gasteiger partial charge in [0.15, 0.2) is 0 Å². The summed E-state index contributed by atoms with van der Waals surface area (Å²) in [7, 11) is 1.56. The van der Waals surface area contributed by atoms with E-state index < -0.39 is 10.7 Å². The Balaban J connectivity index is 2.20. The average Bonchev–Trinajstić information content (AvgIpc) is 2.52. The van der Waals surface area contributed by atoms with Gasteiger partial charge in [0.1, 0.15) is 5.60 Å². The molecule has 0 aromatic heterocycles. The molecule has 0 unspecified atom stereocenters. The first-order valence-corrected chi connectivity index (χ1v) is 4.46. The number of hydrogen-bond donors (Lipinski definition) is 0. The predicted molar refractivity (Wildman–Crippen MR) is 41.4 cm³/mol. The third-order valence-electron chi connectivity index (χ3n) is 3.14. The van der Waals surface area contributed by atoms with E-state index in [0.29, 0.717) is 0 Å². The summed E-state index contributed by atoms with van der Waals surface area (Å²) in [6.45, 7) is 0. The lowest BCUT2D eigenvalue weighted by Crippen LogP contribution is -2.22. The fraction of sp³-hybridized carbons (Fsp3) is 1.00. The number of alkyl halides is 2. The summed E-state index contributed by atoms with van der Waals surface area (Å²) >= 11 is 5.68. The van der Waals surface area contributed by atoms with Gasteiger partial charge in [0.05, 0.1) is 0 Å². The van der Waals surface area contributed by atoms with E-state index in [1.807, 2.05) is 0 Å². The van der Waals surface area contributed by atoms with Crippen molar-refractivity contribution in [2.45, 2.75) is 36.4 Å². The standard InChI is InChI=1S/C8H12ClFO/c1-11-7-5-3-2-4-6(7)8(7,9)10/h6H,2-5H2,1H3/t6-,7-,8-/m1/s1. The molecule has 11 heavy (non-hydrogen) atoms. The van der Waals surface area contributed by atoms with Crippen LogP contribution in [0.15, 0.2) is 0 Å². The van der Waals surface area contributed by atoms with Crippen molar-refractivity contribution in [1.82, 2.24) is 0 Å². The Labute approximate surface area is 70.9 Å². The van der Waals surface area contributed by atoms with Crippen LogP contribution in [0, 0.1) is 5.92 Å². The largest absolute Gasteiger partial charge is 0.373 e. The fourth-order valence-corrected chi connectivity index (χ4v) is 2.91. The fourth-order valence-electron chi connectivity index (χ4n) is 2.38. The van der Waals surface area contributed by atoms with Gasteiger partial charge in [0, 0.05) is 13.0 Å². The highest BCUT2D eigenvalue weighted by molar-refractivity contribution is 6.26. The van der Waals surface area contributed by atoms with Gasteiger partial charge in [-0.05, 0) is 12.8 Å². The SMILES string of the molecule is CO[C@]12CCCC[C@H]1[C@]2(F)Cl. The Kier molecular flexibility index (Phi) is 1.50. The molecule has 3 heteroatoms. The lowest BCUT2D eigenvalue weighted by molar-refractivity contribution is 0.0244. The second kappa shape index (κ2) is 2.11. The van der Waals surface area contributed by atoms with Crippen molar-refractivity contribution < 1.29 is 9.13 Å². The molecule has 0 N–H and O–H groups in total. The molecule has 2 rings (SSSR count). The maximum Gasteiger partial charge on any atom is 0.218 e. The number of halogens is 2. The van der Waals surface area contributed by atoms with Crippen LogP contribution in [0.4, 0.5) is 4.39 Å². The molecular formula is C8H12ClFO. The molecule has 3 atom stereocenters. The number of fused-ring (bicyclic) bond motifs is 1. The van der Waals surface area contributed by atoms with Crippen LogP contribution in [0.25, 0.3) is 0 Å². The molecule has 0 spiro atoms. The van der Waals surface area contributed by atoms with E-state index in [1.165, 1.54) is 0 Å². The zero-order valence-corrected chi connectivity index (χ0v) is 7.33. The number of hydrogen-bond acceptors (Lipinski definition) is 1. The lowest BCUT2D eigenvalue weighted by Gasteiger charge is -2.18. The molecule has 64 valence electrons. The molecule has 1 nitrogen and oxygen atoms in total. The highest BCUT2D eigenvalue weighted by Crippen LogP contribution is 2.68. The molecule has 0 bridgehead atoms. The van der Waals surface area contributed by atoms with Crippen molar-refractivity contribution in [1.29, 1.82) is 0 Å². The smallest absolute Gasteiger partial charge is 0.218 e. The summed E-state index contributed by atoms with van der Waals surface area (Å²) in [6, 6.07) is 0. The second-order valence-corrected chi connectivity index (χ2v) is 4.07. The normalized spacial score (nSPS) is 55.4. The Morgan fingerprint density at radius 3 is 2.73 bits per heavy atom. The molecule has 0 aromatic rings. The number of rotatable bonds is 1. The van der Waals surface area contributed by atoms with Gasteiger partial charge >= 0.3 is 0 Å². The third-order valence-corrected chi connectivity index (χ3v) is 3.72. The van der Waals surface area contributed by atoms with Crippen LogP contribution in [0.5, 0.6) is 0 Å². The summed E-state index contributed by atoms with van der Waals surface area (Å²) in [4.78, 5) is 0. The molecule has 2 aliphatic rings. The van der Waals surface area contributed by atoms with E-state index in [4.69, 9.17) is 16.3 Å². The first-order valence-electron chi connectivity index (χ1n) is 4.08. The summed E-state index contributed by atoms with van der Waals surface area (Å²) in [5.74, 6) is -0.0459. The molecule has 0 saturated heterocycles. The van der Waals surface area contributed by atoms with E-state index in [2.05, 4.69) is 0 Å². The van der Waals surface area contributed by atoms with Gasteiger partial charge in [-0.2, -0.15) is 0 Å². The average molecular weight is 179 g/mol. The van der Waals surface area contributed by atoms with E-state index in [0.717, 1.165) is 25.7 Å². The number of methoxy groups -OCH3 is 1. The quantitative estimate of drug-likeness (QED) is 0.561. The second-order valence-electron chi connectivity index (χ2n) is 3.51. The van der Waals surface area contributed by atoms with Gasteiger partial charge in [-0.3, -0.25) is 0 Å². The summed E-state index contributed by atoms with van der Waals surface area (Å²) in [6.07, 6.45) is 3.80. The minimum atomic E-state index is -1.56. The molecule has 0 aromatic carbocycles. The van der Waals surface area contributed by atoms with Gasteiger partial charge in [-0.1, -0.05) is 24.4 Å². The summed E-state index contributed by atoms with van der Waals surface area (Å²) in [5, 5.41) is -1.56. The Bertz CT molecular complexity index is 183. The first-order chi connectivity index (χ1) is 5.15. The highest BCUT2D eigenvalue weighted by atomic mass is 35.5. The molecule has 2 fully saturated rings. The Hall–Kier alpha value is 0.180. The highest BCUT2D eigenvalue weighted by Gasteiger charge is 2.79. The number of ether oxygens (including phenoxy) is 1. The summed E-state index contributed by atoms with van der Waals surface area (Å²) in [5.41, 5.74) is -0.618. The van der Waals surface area contributed by atoms with E-state index in [1.54, 1.807) is 7.11 Å². The van der Waals surface area contributed by atoms with Crippen LogP contribution in [0.3, 0.4) is 0 Å². The minimum Gasteiger partial charge on any atom is -0.373 e. The van der Waals surface area contributed by atoms with Crippen LogP contribution < -0.4 is 0 Å². The molecule has 2 aliphatic carbocycles.